The van der Waals surface area contributed by atoms with Crippen molar-refractivity contribution in [3.8, 4) is 0 Å². The smallest absolute Gasteiger partial charge is 0.395 e. The third kappa shape index (κ3) is 41.9. The van der Waals surface area contributed by atoms with Gasteiger partial charge in [0.15, 0.2) is 0 Å². The minimum Gasteiger partial charge on any atom is -0.395 e. The second-order valence-electron chi connectivity index (χ2n) is 7.93. The summed E-state index contributed by atoms with van der Waals surface area (Å²) in [6.07, 6.45) is 14.7. The van der Waals surface area contributed by atoms with E-state index in [1.165, 1.54) is 57.8 Å². The Balaban J connectivity index is -0.000000531. The van der Waals surface area contributed by atoms with Gasteiger partial charge in [-0.1, -0.05) is 77.6 Å². The Bertz CT molecular complexity index is 436. The van der Waals surface area contributed by atoms with Gasteiger partial charge in [0, 0.05) is 32.8 Å². The van der Waals surface area contributed by atoms with Crippen LogP contribution in [-0.2, 0) is 19.3 Å². The van der Waals surface area contributed by atoms with Gasteiger partial charge in [0.05, 0.1) is 26.4 Å². The van der Waals surface area contributed by atoms with Gasteiger partial charge < -0.3 is 20.1 Å². The number of nitrogens with zero attached hydrogens (tertiary/aromatic N) is 1. The zero-order valence-electron chi connectivity index (χ0n) is 22.1. The predicted molar refractivity (Wildman–Crippen MR) is 138 cm³/mol. The van der Waals surface area contributed by atoms with Gasteiger partial charge in [0.25, 0.3) is 0 Å². The zero-order chi connectivity index (χ0) is 26.3. The summed E-state index contributed by atoms with van der Waals surface area (Å²) in [4.78, 5) is 1.79. The molecule has 0 rings (SSSR count). The van der Waals surface area contributed by atoms with Crippen LogP contribution >= 0.6 is 0 Å². The van der Waals surface area contributed by atoms with Crippen LogP contribution in [-0.4, -0.2) is 92.5 Å². The number of aliphatic hydroxyl groups excluding tert-OH is 3. The van der Waals surface area contributed by atoms with Crippen LogP contribution in [0.3, 0.4) is 0 Å². The minimum atomic E-state index is -4.24. The standard InChI is InChI=1S/C14H30O4S.C6H15NO3.C4H10O/c1-2-3-4-5-6-7-8-9-10-11-12-13-14-18-19(15,16)17;8-4-1-7(2-5-9)3-6-10;1-3-5-4-2/h2-14H2,1H3,(H,15,16,17);8-10H,1-6H2;3-4H2,1-2H3. The summed E-state index contributed by atoms with van der Waals surface area (Å²) in [5.74, 6) is 0. The number of ether oxygens (including phenoxy) is 1. The third-order valence-corrected chi connectivity index (χ3v) is 5.35. The normalized spacial score (nSPS) is 11.1. The summed E-state index contributed by atoms with van der Waals surface area (Å²) in [7, 11) is -4.24. The molecular weight excluding hydrogens is 462 g/mol. The van der Waals surface area contributed by atoms with Gasteiger partial charge in [-0.15, -0.1) is 0 Å². The Hall–Kier alpha value is -0.330. The van der Waals surface area contributed by atoms with Crippen molar-refractivity contribution in [2.75, 3.05) is 59.3 Å². The fourth-order valence-electron chi connectivity index (χ4n) is 3.07. The summed E-state index contributed by atoms with van der Waals surface area (Å²) in [5, 5.41) is 25.5. The molecule has 0 aliphatic carbocycles. The van der Waals surface area contributed by atoms with E-state index in [0.717, 1.165) is 26.1 Å². The molecular formula is C24H55NO8S. The van der Waals surface area contributed by atoms with Crippen molar-refractivity contribution in [1.29, 1.82) is 0 Å². The molecule has 0 spiro atoms. The fourth-order valence-corrected chi connectivity index (χ4v) is 3.40. The largest absolute Gasteiger partial charge is 0.397 e. The van der Waals surface area contributed by atoms with Gasteiger partial charge in [-0.2, -0.15) is 8.42 Å². The van der Waals surface area contributed by atoms with Crippen molar-refractivity contribution in [2.45, 2.75) is 97.8 Å². The molecule has 0 radical (unpaired) electrons. The average Bonchev–Trinajstić information content (AvgIpc) is 2.78. The molecule has 0 aromatic heterocycles. The molecule has 0 amide bonds. The molecule has 0 saturated carbocycles. The van der Waals surface area contributed by atoms with Crippen molar-refractivity contribution in [3.05, 3.63) is 0 Å². The number of unbranched alkanes of at least 4 members (excludes halogenated alkanes) is 11. The van der Waals surface area contributed by atoms with Crippen LogP contribution in [0.25, 0.3) is 0 Å². The van der Waals surface area contributed by atoms with Gasteiger partial charge in [0.2, 0.25) is 0 Å². The Morgan fingerprint density at radius 1 is 0.618 bits per heavy atom. The van der Waals surface area contributed by atoms with E-state index in [9.17, 15) is 8.42 Å². The van der Waals surface area contributed by atoms with Crippen LogP contribution in [0, 0.1) is 0 Å². The van der Waals surface area contributed by atoms with E-state index in [4.69, 9.17) is 24.6 Å². The predicted octanol–water partition coefficient (Wildman–Crippen LogP) is 3.82. The third-order valence-electron chi connectivity index (χ3n) is 4.89. The van der Waals surface area contributed by atoms with E-state index in [1.807, 2.05) is 13.8 Å². The van der Waals surface area contributed by atoms with E-state index in [2.05, 4.69) is 11.1 Å². The highest BCUT2D eigenvalue weighted by Gasteiger charge is 2.02. The van der Waals surface area contributed by atoms with Crippen LogP contribution < -0.4 is 0 Å². The molecule has 0 saturated heterocycles. The van der Waals surface area contributed by atoms with E-state index in [-0.39, 0.29) is 26.4 Å². The molecule has 0 unspecified atom stereocenters. The van der Waals surface area contributed by atoms with E-state index < -0.39 is 10.4 Å². The maximum Gasteiger partial charge on any atom is 0.397 e. The average molecular weight is 518 g/mol. The van der Waals surface area contributed by atoms with Crippen molar-refractivity contribution >= 4 is 10.4 Å². The highest BCUT2D eigenvalue weighted by atomic mass is 32.3. The van der Waals surface area contributed by atoms with Gasteiger partial charge in [-0.3, -0.25) is 9.45 Å². The van der Waals surface area contributed by atoms with Crippen LogP contribution in [0.2, 0.25) is 0 Å². The molecule has 210 valence electrons. The second kappa shape index (κ2) is 32.7. The van der Waals surface area contributed by atoms with E-state index >= 15 is 0 Å². The molecule has 4 N–H and O–H groups in total. The molecule has 34 heavy (non-hydrogen) atoms. The number of hydrogen-bond acceptors (Lipinski definition) is 8. The Labute approximate surface area is 209 Å². The van der Waals surface area contributed by atoms with Crippen LogP contribution in [0.5, 0.6) is 0 Å². The Kier molecular flexibility index (Phi) is 36.7. The minimum absolute atomic E-state index is 0.0694. The Morgan fingerprint density at radius 2 is 0.971 bits per heavy atom. The van der Waals surface area contributed by atoms with Crippen molar-refractivity contribution in [3.63, 3.8) is 0 Å². The van der Waals surface area contributed by atoms with Crippen molar-refractivity contribution < 1.29 is 37.2 Å². The van der Waals surface area contributed by atoms with Crippen LogP contribution in [0.4, 0.5) is 0 Å². The first-order chi connectivity index (χ1) is 16.3. The summed E-state index contributed by atoms with van der Waals surface area (Å²) in [5.41, 5.74) is 0. The summed E-state index contributed by atoms with van der Waals surface area (Å²) in [6.45, 7) is 9.75. The van der Waals surface area contributed by atoms with E-state index in [1.54, 1.807) is 4.90 Å². The summed E-state index contributed by atoms with van der Waals surface area (Å²) >= 11 is 0. The van der Waals surface area contributed by atoms with Crippen molar-refractivity contribution in [2.24, 2.45) is 0 Å². The van der Waals surface area contributed by atoms with Crippen molar-refractivity contribution in [1.82, 2.24) is 4.90 Å². The molecule has 0 aromatic carbocycles. The lowest BCUT2D eigenvalue weighted by molar-refractivity contribution is 0.136. The number of rotatable bonds is 22. The molecule has 0 atom stereocenters. The maximum atomic E-state index is 10.3. The number of hydrogen-bond donors (Lipinski definition) is 4. The molecule has 0 fully saturated rings. The zero-order valence-corrected chi connectivity index (χ0v) is 22.9. The topological polar surface area (TPSA) is 137 Å². The van der Waals surface area contributed by atoms with Gasteiger partial charge in [0.1, 0.15) is 0 Å². The summed E-state index contributed by atoms with van der Waals surface area (Å²) < 4.78 is 38.0. The lowest BCUT2D eigenvalue weighted by atomic mass is 10.1. The van der Waals surface area contributed by atoms with Crippen LogP contribution in [0.15, 0.2) is 0 Å². The lowest BCUT2D eigenvalue weighted by Gasteiger charge is -2.17. The first-order valence-corrected chi connectivity index (χ1v) is 14.4. The van der Waals surface area contributed by atoms with E-state index in [0.29, 0.717) is 26.1 Å². The first-order valence-electron chi connectivity index (χ1n) is 13.1. The maximum absolute atomic E-state index is 10.3. The molecule has 10 heteroatoms. The fraction of sp³-hybridized carbons (Fsp3) is 1.00. The molecule has 0 aromatic rings. The molecule has 0 aliphatic heterocycles. The Morgan fingerprint density at radius 3 is 1.24 bits per heavy atom. The molecule has 9 nitrogen and oxygen atoms in total. The molecule has 0 heterocycles. The first kappa shape index (κ1) is 38.2. The molecule has 0 aliphatic rings. The van der Waals surface area contributed by atoms with Crippen LogP contribution in [0.1, 0.15) is 97.8 Å². The molecule has 0 bridgehead atoms. The van der Waals surface area contributed by atoms with Gasteiger partial charge in [-0.25, -0.2) is 4.18 Å². The van der Waals surface area contributed by atoms with Gasteiger partial charge in [-0.05, 0) is 20.3 Å². The lowest BCUT2D eigenvalue weighted by Crippen LogP contribution is -2.32. The quantitative estimate of drug-likeness (QED) is 0.125. The highest BCUT2D eigenvalue weighted by molar-refractivity contribution is 7.80. The SMILES string of the molecule is CCCCCCCCCCCCCCOS(=O)(=O)O.CCOCC.OCCN(CCO)CCO. The monoisotopic (exact) mass is 517 g/mol. The second-order valence-corrected chi connectivity index (χ2v) is 9.02. The number of aliphatic hydroxyl groups is 3. The highest BCUT2D eigenvalue weighted by Crippen LogP contribution is 2.12. The van der Waals surface area contributed by atoms with Gasteiger partial charge >= 0.3 is 10.4 Å². The summed E-state index contributed by atoms with van der Waals surface area (Å²) in [6, 6.07) is 0.